The van der Waals surface area contributed by atoms with E-state index in [2.05, 4.69) is 9.80 Å². The van der Waals surface area contributed by atoms with Crippen LogP contribution in [0.5, 0.6) is 11.5 Å². The van der Waals surface area contributed by atoms with E-state index >= 15 is 0 Å². The minimum atomic E-state index is 0.409. The summed E-state index contributed by atoms with van der Waals surface area (Å²) in [4.78, 5) is 4.85. The Hall–Kier alpha value is -2.12. The van der Waals surface area contributed by atoms with E-state index < -0.39 is 0 Å². The van der Waals surface area contributed by atoms with Gasteiger partial charge in [-0.1, -0.05) is 36.4 Å². The van der Waals surface area contributed by atoms with E-state index in [-0.39, 0.29) is 0 Å². The SMILES string of the molecule is NC1CCN(CCOc2ccccc2)CC1.NC1CCN(CCOc2ccccc2)CC1. The molecule has 0 aromatic heterocycles. The molecule has 0 aliphatic carbocycles. The van der Waals surface area contributed by atoms with Crippen LogP contribution in [-0.4, -0.2) is 74.4 Å². The molecule has 2 aromatic rings. The summed E-state index contributed by atoms with van der Waals surface area (Å²) in [7, 11) is 0. The second-order valence-corrected chi connectivity index (χ2v) is 8.68. The summed E-state index contributed by atoms with van der Waals surface area (Å²) in [6.45, 7) is 7.97. The van der Waals surface area contributed by atoms with Crippen molar-refractivity contribution in [3.8, 4) is 11.5 Å². The first-order valence-electron chi connectivity index (χ1n) is 12.0. The standard InChI is InChI=1S/2C13H20N2O/c2*14-12-6-8-15(9-7-12)10-11-16-13-4-2-1-3-5-13/h2*1-5,12H,6-11,14H2. The third-order valence-corrected chi connectivity index (χ3v) is 6.10. The molecule has 4 N–H and O–H groups in total. The van der Waals surface area contributed by atoms with Crippen LogP contribution in [0, 0.1) is 0 Å². The number of nitrogens with two attached hydrogens (primary N) is 2. The Kier molecular flexibility index (Phi) is 10.8. The quantitative estimate of drug-likeness (QED) is 0.657. The van der Waals surface area contributed by atoms with E-state index in [1.165, 1.54) is 0 Å². The zero-order valence-electron chi connectivity index (χ0n) is 19.3. The average molecular weight is 441 g/mol. The monoisotopic (exact) mass is 440 g/mol. The summed E-state index contributed by atoms with van der Waals surface area (Å²) < 4.78 is 11.3. The highest BCUT2D eigenvalue weighted by molar-refractivity contribution is 5.21. The van der Waals surface area contributed by atoms with E-state index in [4.69, 9.17) is 20.9 Å². The molecule has 2 fully saturated rings. The first-order valence-corrected chi connectivity index (χ1v) is 12.0. The van der Waals surface area contributed by atoms with Gasteiger partial charge in [-0.25, -0.2) is 0 Å². The number of nitrogens with zero attached hydrogens (tertiary/aromatic N) is 2. The Morgan fingerprint density at radius 2 is 0.938 bits per heavy atom. The Morgan fingerprint density at radius 1 is 0.594 bits per heavy atom. The van der Waals surface area contributed by atoms with Crippen LogP contribution in [0.4, 0.5) is 0 Å². The number of hydrogen-bond donors (Lipinski definition) is 2. The first-order chi connectivity index (χ1) is 15.7. The van der Waals surface area contributed by atoms with Gasteiger partial charge in [-0.05, 0) is 76.1 Å². The van der Waals surface area contributed by atoms with Gasteiger partial charge in [0.05, 0.1) is 0 Å². The zero-order valence-corrected chi connectivity index (χ0v) is 19.3. The zero-order chi connectivity index (χ0) is 22.4. The number of likely N-dealkylation sites (tertiary alicyclic amines) is 2. The van der Waals surface area contributed by atoms with Gasteiger partial charge in [-0.3, -0.25) is 9.80 Å². The molecule has 2 aromatic carbocycles. The van der Waals surface area contributed by atoms with Crippen LogP contribution in [0.1, 0.15) is 25.7 Å². The highest BCUT2D eigenvalue weighted by Gasteiger charge is 2.16. The number of benzene rings is 2. The van der Waals surface area contributed by atoms with Crippen molar-refractivity contribution in [2.45, 2.75) is 37.8 Å². The van der Waals surface area contributed by atoms with Crippen LogP contribution in [0.2, 0.25) is 0 Å². The topological polar surface area (TPSA) is 77.0 Å². The molecule has 2 aliphatic rings. The molecule has 0 spiro atoms. The van der Waals surface area contributed by atoms with Crippen molar-refractivity contribution in [2.24, 2.45) is 11.5 Å². The molecule has 2 heterocycles. The van der Waals surface area contributed by atoms with Crippen LogP contribution >= 0.6 is 0 Å². The number of hydrogen-bond acceptors (Lipinski definition) is 6. The van der Waals surface area contributed by atoms with Crippen molar-refractivity contribution < 1.29 is 9.47 Å². The lowest BCUT2D eigenvalue weighted by atomic mass is 10.1. The highest BCUT2D eigenvalue weighted by Crippen LogP contribution is 2.11. The molecule has 0 bridgehead atoms. The van der Waals surface area contributed by atoms with Crippen molar-refractivity contribution in [1.82, 2.24) is 9.80 Å². The molecule has 0 unspecified atom stereocenters. The van der Waals surface area contributed by atoms with Crippen LogP contribution in [-0.2, 0) is 0 Å². The van der Waals surface area contributed by atoms with E-state index in [0.29, 0.717) is 12.1 Å². The fourth-order valence-electron chi connectivity index (χ4n) is 3.97. The minimum Gasteiger partial charge on any atom is -0.492 e. The molecule has 0 amide bonds. The van der Waals surface area contributed by atoms with Crippen molar-refractivity contribution in [1.29, 1.82) is 0 Å². The van der Waals surface area contributed by atoms with Gasteiger partial charge in [0.2, 0.25) is 0 Å². The maximum Gasteiger partial charge on any atom is 0.119 e. The Bertz CT molecular complexity index is 652. The third kappa shape index (κ3) is 9.57. The van der Waals surface area contributed by atoms with Crippen LogP contribution in [0.15, 0.2) is 60.7 Å². The molecule has 2 saturated heterocycles. The highest BCUT2D eigenvalue weighted by atomic mass is 16.5. The van der Waals surface area contributed by atoms with Crippen LogP contribution in [0.25, 0.3) is 0 Å². The van der Waals surface area contributed by atoms with Crippen molar-refractivity contribution in [3.05, 3.63) is 60.7 Å². The predicted octanol–water partition coefficient (Wildman–Crippen LogP) is 2.98. The summed E-state index contributed by atoms with van der Waals surface area (Å²) in [5, 5.41) is 0. The number of ether oxygens (including phenoxy) is 2. The van der Waals surface area contributed by atoms with Gasteiger partial charge in [0.15, 0.2) is 0 Å². The molecule has 6 heteroatoms. The summed E-state index contributed by atoms with van der Waals surface area (Å²) >= 11 is 0. The maximum absolute atomic E-state index is 5.86. The average Bonchev–Trinajstić information content (AvgIpc) is 2.84. The van der Waals surface area contributed by atoms with E-state index in [0.717, 1.165) is 89.7 Å². The first kappa shape index (κ1) is 24.5. The molecule has 176 valence electrons. The fourth-order valence-corrected chi connectivity index (χ4v) is 3.97. The molecule has 0 atom stereocenters. The lowest BCUT2D eigenvalue weighted by Crippen LogP contribution is -2.41. The second-order valence-electron chi connectivity index (χ2n) is 8.68. The van der Waals surface area contributed by atoms with Gasteiger partial charge in [-0.15, -0.1) is 0 Å². The maximum atomic E-state index is 5.86. The Morgan fingerprint density at radius 3 is 1.28 bits per heavy atom. The summed E-state index contributed by atoms with van der Waals surface area (Å²) in [5.74, 6) is 1.91. The molecule has 4 rings (SSSR count). The van der Waals surface area contributed by atoms with E-state index in [1.54, 1.807) is 0 Å². The predicted molar refractivity (Wildman–Crippen MR) is 131 cm³/mol. The fraction of sp³-hybridized carbons (Fsp3) is 0.538. The number of para-hydroxylation sites is 2. The van der Waals surface area contributed by atoms with Crippen molar-refractivity contribution in [3.63, 3.8) is 0 Å². The second kappa shape index (κ2) is 14.1. The summed E-state index contributed by atoms with van der Waals surface area (Å²) in [6.07, 6.45) is 4.47. The van der Waals surface area contributed by atoms with Gasteiger partial charge < -0.3 is 20.9 Å². The largest absolute Gasteiger partial charge is 0.492 e. The van der Waals surface area contributed by atoms with Crippen LogP contribution in [0.3, 0.4) is 0 Å². The van der Waals surface area contributed by atoms with Gasteiger partial charge >= 0.3 is 0 Å². The molecule has 32 heavy (non-hydrogen) atoms. The van der Waals surface area contributed by atoms with Crippen molar-refractivity contribution >= 4 is 0 Å². The molecule has 2 aliphatic heterocycles. The smallest absolute Gasteiger partial charge is 0.119 e. The van der Waals surface area contributed by atoms with Gasteiger partial charge in [0.1, 0.15) is 24.7 Å². The Balaban J connectivity index is 0.000000181. The lowest BCUT2D eigenvalue weighted by molar-refractivity contribution is 0.174. The summed E-state index contributed by atoms with van der Waals surface area (Å²) in [5.41, 5.74) is 11.7. The number of piperidine rings is 2. The van der Waals surface area contributed by atoms with E-state index in [9.17, 15) is 0 Å². The molecule has 6 nitrogen and oxygen atoms in total. The molecular weight excluding hydrogens is 400 g/mol. The normalized spacial score (nSPS) is 18.6. The van der Waals surface area contributed by atoms with Crippen LogP contribution < -0.4 is 20.9 Å². The number of rotatable bonds is 8. The van der Waals surface area contributed by atoms with Gasteiger partial charge in [0.25, 0.3) is 0 Å². The summed E-state index contributed by atoms with van der Waals surface area (Å²) in [6, 6.07) is 20.8. The minimum absolute atomic E-state index is 0.409. The molecular formula is C26H40N4O2. The third-order valence-electron chi connectivity index (χ3n) is 6.10. The molecule has 0 saturated carbocycles. The molecule has 0 radical (unpaired) electrons. The Labute approximate surface area is 193 Å². The lowest BCUT2D eigenvalue weighted by Gasteiger charge is -2.29. The van der Waals surface area contributed by atoms with Gasteiger partial charge in [-0.2, -0.15) is 0 Å². The van der Waals surface area contributed by atoms with Crippen molar-refractivity contribution in [2.75, 3.05) is 52.5 Å². The van der Waals surface area contributed by atoms with Gasteiger partial charge in [0, 0.05) is 25.2 Å². The van der Waals surface area contributed by atoms with E-state index in [1.807, 2.05) is 60.7 Å².